The van der Waals surface area contributed by atoms with Crippen molar-refractivity contribution >= 4 is 28.4 Å². The molecular formula is C22H21NO5. The van der Waals surface area contributed by atoms with E-state index in [1.54, 1.807) is 24.3 Å². The second-order valence-corrected chi connectivity index (χ2v) is 6.83. The minimum absolute atomic E-state index is 0.0142. The Hall–Kier alpha value is -3.41. The predicted octanol–water partition coefficient (Wildman–Crippen LogP) is 3.50. The van der Waals surface area contributed by atoms with Gasteiger partial charge in [-0.25, -0.2) is 0 Å². The third kappa shape index (κ3) is 4.46. The Kier molecular flexibility index (Phi) is 5.59. The van der Waals surface area contributed by atoms with Crippen molar-refractivity contribution < 1.29 is 23.9 Å². The molecule has 2 aromatic carbocycles. The Morgan fingerprint density at radius 1 is 1.07 bits per heavy atom. The topological polar surface area (TPSA) is 87.8 Å². The number of nitrogens with zero attached hydrogens (tertiary/aromatic N) is 1. The number of carbonyl (C=O) groups is 3. The molecule has 0 spiro atoms. The van der Waals surface area contributed by atoms with Crippen molar-refractivity contribution in [3.63, 3.8) is 0 Å². The van der Waals surface area contributed by atoms with E-state index < -0.39 is 0 Å². The van der Waals surface area contributed by atoms with Gasteiger partial charge in [0.2, 0.25) is 5.91 Å². The molecule has 1 N–H and O–H groups in total. The van der Waals surface area contributed by atoms with Crippen molar-refractivity contribution in [2.45, 2.75) is 26.8 Å². The van der Waals surface area contributed by atoms with Gasteiger partial charge < -0.3 is 14.4 Å². The van der Waals surface area contributed by atoms with E-state index in [0.717, 1.165) is 10.9 Å². The largest absolute Gasteiger partial charge is 0.508 e. The summed E-state index contributed by atoms with van der Waals surface area (Å²) in [6, 6.07) is 11.8. The molecule has 0 unspecified atom stereocenters. The molecule has 0 aliphatic rings. The van der Waals surface area contributed by atoms with Gasteiger partial charge in [0.05, 0.1) is 19.2 Å². The number of amides is 1. The molecule has 0 aliphatic carbocycles. The molecule has 3 aromatic rings. The Morgan fingerprint density at radius 3 is 2.57 bits per heavy atom. The van der Waals surface area contributed by atoms with Crippen LogP contribution in [-0.2, 0) is 22.6 Å². The van der Waals surface area contributed by atoms with Gasteiger partial charge >= 0.3 is 0 Å². The zero-order chi connectivity index (χ0) is 20.3. The number of aromatic hydroxyl groups is 1. The van der Waals surface area contributed by atoms with E-state index in [1.165, 1.54) is 37.1 Å². The number of hydrogen-bond acceptors (Lipinski definition) is 5. The first-order chi connectivity index (χ1) is 13.3. The molecule has 3 rings (SSSR count). The first kappa shape index (κ1) is 19.4. The van der Waals surface area contributed by atoms with Crippen LogP contribution in [0.5, 0.6) is 5.75 Å². The summed E-state index contributed by atoms with van der Waals surface area (Å²) in [5, 5.41) is 10.3. The lowest BCUT2D eigenvalue weighted by Crippen LogP contribution is -2.35. The lowest BCUT2D eigenvalue weighted by atomic mass is 10.1. The van der Waals surface area contributed by atoms with Crippen molar-refractivity contribution in [1.29, 1.82) is 0 Å². The number of Topliss-reactive ketones (excluding diaryl/α,β-unsaturated/α-hetero) is 2. The van der Waals surface area contributed by atoms with Crippen LogP contribution in [0.4, 0.5) is 0 Å². The maximum absolute atomic E-state index is 12.9. The van der Waals surface area contributed by atoms with Gasteiger partial charge in [0, 0.05) is 29.1 Å². The fourth-order valence-electron chi connectivity index (χ4n) is 3.09. The molecule has 1 amide bonds. The molecule has 0 fully saturated rings. The summed E-state index contributed by atoms with van der Waals surface area (Å²) < 4.78 is 5.42. The summed E-state index contributed by atoms with van der Waals surface area (Å²) in [7, 11) is 0. The first-order valence-corrected chi connectivity index (χ1v) is 8.89. The highest BCUT2D eigenvalue weighted by molar-refractivity contribution is 5.94. The Labute approximate surface area is 162 Å². The van der Waals surface area contributed by atoms with Crippen LogP contribution in [0.3, 0.4) is 0 Å². The summed E-state index contributed by atoms with van der Waals surface area (Å²) in [5.41, 5.74) is 2.53. The molecule has 28 heavy (non-hydrogen) atoms. The molecule has 144 valence electrons. The lowest BCUT2D eigenvalue weighted by molar-refractivity contribution is -0.134. The van der Waals surface area contributed by atoms with Gasteiger partial charge in [0.1, 0.15) is 17.1 Å². The van der Waals surface area contributed by atoms with Crippen LogP contribution >= 0.6 is 0 Å². The lowest BCUT2D eigenvalue weighted by Gasteiger charge is -2.22. The van der Waals surface area contributed by atoms with E-state index in [2.05, 4.69) is 0 Å². The molecule has 0 aliphatic heterocycles. The Bertz CT molecular complexity index is 1050. The SMILES string of the molecule is CC(=O)CN(Cc1cccc(C(C)=O)c1)C(=O)Cc1coc2cc(O)ccc12. The molecule has 1 heterocycles. The minimum Gasteiger partial charge on any atom is -0.508 e. The third-order valence-corrected chi connectivity index (χ3v) is 4.45. The number of phenolic OH excluding ortho intramolecular Hbond substituents is 1. The number of phenols is 1. The molecule has 0 saturated heterocycles. The second-order valence-electron chi connectivity index (χ2n) is 6.83. The van der Waals surface area contributed by atoms with Crippen LogP contribution in [0.1, 0.15) is 35.3 Å². The first-order valence-electron chi connectivity index (χ1n) is 8.89. The molecule has 1 aromatic heterocycles. The molecule has 0 atom stereocenters. The van der Waals surface area contributed by atoms with Gasteiger partial charge in [0.15, 0.2) is 5.78 Å². The molecule has 6 nitrogen and oxygen atoms in total. The van der Waals surface area contributed by atoms with Crippen LogP contribution in [0, 0.1) is 0 Å². The van der Waals surface area contributed by atoms with E-state index in [4.69, 9.17) is 4.42 Å². The summed E-state index contributed by atoms with van der Waals surface area (Å²) >= 11 is 0. The number of ketones is 2. The number of rotatable bonds is 7. The fraction of sp³-hybridized carbons (Fsp3) is 0.227. The van der Waals surface area contributed by atoms with Crippen LogP contribution in [0.2, 0.25) is 0 Å². The number of carbonyl (C=O) groups excluding carboxylic acids is 3. The highest BCUT2D eigenvalue weighted by atomic mass is 16.3. The average molecular weight is 379 g/mol. The maximum Gasteiger partial charge on any atom is 0.227 e. The standard InChI is InChI=1S/C22H21NO5/c1-14(24)11-23(12-16-4-3-5-17(8-16)15(2)25)22(27)9-18-13-28-21-10-19(26)6-7-20(18)21/h3-8,10,13,26H,9,11-12H2,1-2H3. The third-order valence-electron chi connectivity index (χ3n) is 4.45. The van der Waals surface area contributed by atoms with E-state index >= 15 is 0 Å². The van der Waals surface area contributed by atoms with Crippen LogP contribution < -0.4 is 0 Å². The molecule has 0 radical (unpaired) electrons. The van der Waals surface area contributed by atoms with Crippen molar-refractivity contribution in [3.05, 3.63) is 65.4 Å². The van der Waals surface area contributed by atoms with Crippen LogP contribution in [0.15, 0.2) is 53.1 Å². The molecule has 0 bridgehead atoms. The van der Waals surface area contributed by atoms with Crippen molar-refractivity contribution in [2.24, 2.45) is 0 Å². The summed E-state index contributed by atoms with van der Waals surface area (Å²) in [4.78, 5) is 37.6. The van der Waals surface area contributed by atoms with Gasteiger partial charge in [0.25, 0.3) is 0 Å². The van der Waals surface area contributed by atoms with Crippen molar-refractivity contribution in [1.82, 2.24) is 4.90 Å². The summed E-state index contributed by atoms with van der Waals surface area (Å²) in [5.74, 6) is -0.319. The van der Waals surface area contributed by atoms with E-state index in [1.807, 2.05) is 6.07 Å². The van der Waals surface area contributed by atoms with Gasteiger partial charge in [-0.1, -0.05) is 18.2 Å². The zero-order valence-corrected chi connectivity index (χ0v) is 15.8. The van der Waals surface area contributed by atoms with E-state index in [0.29, 0.717) is 16.7 Å². The average Bonchev–Trinajstić information content (AvgIpc) is 3.02. The van der Waals surface area contributed by atoms with Crippen molar-refractivity contribution in [3.8, 4) is 5.75 Å². The van der Waals surface area contributed by atoms with Gasteiger partial charge in [-0.2, -0.15) is 0 Å². The fourth-order valence-corrected chi connectivity index (χ4v) is 3.09. The number of furan rings is 1. The monoisotopic (exact) mass is 379 g/mol. The number of hydrogen-bond donors (Lipinski definition) is 1. The minimum atomic E-state index is -0.223. The van der Waals surface area contributed by atoms with Gasteiger partial charge in [-0.15, -0.1) is 0 Å². The molecule has 0 saturated carbocycles. The quantitative estimate of drug-likeness (QED) is 0.635. The van der Waals surface area contributed by atoms with Crippen LogP contribution in [0.25, 0.3) is 11.0 Å². The smallest absolute Gasteiger partial charge is 0.227 e. The van der Waals surface area contributed by atoms with Gasteiger partial charge in [-0.3, -0.25) is 14.4 Å². The summed E-state index contributed by atoms with van der Waals surface area (Å²) in [6.07, 6.45) is 1.56. The highest BCUT2D eigenvalue weighted by Crippen LogP contribution is 2.25. The van der Waals surface area contributed by atoms with Crippen LogP contribution in [-0.4, -0.2) is 34.0 Å². The predicted molar refractivity (Wildman–Crippen MR) is 104 cm³/mol. The van der Waals surface area contributed by atoms with Crippen molar-refractivity contribution in [2.75, 3.05) is 6.54 Å². The summed E-state index contributed by atoms with van der Waals surface area (Å²) in [6.45, 7) is 3.14. The second kappa shape index (κ2) is 8.08. The number of fused-ring (bicyclic) bond motifs is 1. The highest BCUT2D eigenvalue weighted by Gasteiger charge is 2.19. The molecule has 6 heteroatoms. The van der Waals surface area contributed by atoms with E-state index in [9.17, 15) is 19.5 Å². The normalized spacial score (nSPS) is 10.8. The van der Waals surface area contributed by atoms with Gasteiger partial charge in [-0.05, 0) is 37.6 Å². The number of benzene rings is 2. The zero-order valence-electron chi connectivity index (χ0n) is 15.8. The molecular weight excluding hydrogens is 358 g/mol. The van der Waals surface area contributed by atoms with E-state index in [-0.39, 0.29) is 42.7 Å². The Balaban J connectivity index is 1.82. The Morgan fingerprint density at radius 2 is 1.86 bits per heavy atom. The maximum atomic E-state index is 12.9.